The van der Waals surface area contributed by atoms with Crippen molar-refractivity contribution >= 4 is 16.9 Å². The predicted octanol–water partition coefficient (Wildman–Crippen LogP) is 5.79. The summed E-state index contributed by atoms with van der Waals surface area (Å²) in [6.07, 6.45) is 11.9. The molecule has 1 amide bonds. The molecule has 0 bridgehead atoms. The molecule has 0 atom stereocenters. The van der Waals surface area contributed by atoms with E-state index in [9.17, 15) is 18.8 Å². The van der Waals surface area contributed by atoms with Gasteiger partial charge in [-0.1, -0.05) is 42.8 Å². The molecule has 2 aromatic carbocycles. The Kier molecular flexibility index (Phi) is 8.91. The number of hydrogen-bond donors (Lipinski definition) is 1. The lowest BCUT2D eigenvalue weighted by atomic mass is 9.90. The zero-order valence-electron chi connectivity index (χ0n) is 28.2. The molecular weight excluding hydrogens is 633 g/mol. The van der Waals surface area contributed by atoms with Crippen LogP contribution in [0, 0.1) is 5.82 Å². The molecule has 2 aliphatic heterocycles. The first-order chi connectivity index (χ1) is 24.4. The van der Waals surface area contributed by atoms with E-state index in [1.165, 1.54) is 40.0 Å². The normalized spacial score (nSPS) is 19.7. The number of amides is 1. The van der Waals surface area contributed by atoms with Crippen LogP contribution in [0.1, 0.15) is 85.7 Å². The maximum Gasteiger partial charge on any atom is 0.337 e. The van der Waals surface area contributed by atoms with Gasteiger partial charge in [-0.3, -0.25) is 19.1 Å². The van der Waals surface area contributed by atoms with Crippen molar-refractivity contribution in [2.45, 2.75) is 89.4 Å². The molecule has 0 spiro atoms. The van der Waals surface area contributed by atoms with Gasteiger partial charge in [-0.05, 0) is 99.3 Å². The minimum atomic E-state index is -0.642. The highest BCUT2D eigenvalue weighted by Crippen LogP contribution is 2.29. The lowest BCUT2D eigenvalue weighted by Crippen LogP contribution is -2.45. The number of aromatic nitrogens is 5. The maximum atomic E-state index is 14.5. The Labute approximate surface area is 289 Å². The van der Waals surface area contributed by atoms with Gasteiger partial charge in [0, 0.05) is 37.8 Å². The van der Waals surface area contributed by atoms with Gasteiger partial charge < -0.3 is 9.88 Å². The first kappa shape index (κ1) is 32.3. The number of halogens is 1. The third-order valence-electron chi connectivity index (χ3n) is 10.7. The number of pyridine rings is 1. The maximum absolute atomic E-state index is 14.5. The van der Waals surface area contributed by atoms with E-state index in [1.54, 1.807) is 0 Å². The number of piperidine rings is 1. The van der Waals surface area contributed by atoms with Crippen LogP contribution in [0.15, 0.2) is 76.6 Å². The number of imidazole rings is 1. The van der Waals surface area contributed by atoms with Crippen molar-refractivity contribution in [3.05, 3.63) is 111 Å². The summed E-state index contributed by atoms with van der Waals surface area (Å²) >= 11 is 0. The summed E-state index contributed by atoms with van der Waals surface area (Å²) in [6.45, 7) is 4.09. The molecule has 1 N–H and O–H groups in total. The number of benzene rings is 2. The molecule has 10 nitrogen and oxygen atoms in total. The fourth-order valence-corrected chi connectivity index (χ4v) is 8.00. The molecule has 8 rings (SSSR count). The van der Waals surface area contributed by atoms with E-state index in [4.69, 9.17) is 0 Å². The average Bonchev–Trinajstić information content (AvgIpc) is 3.59. The molecule has 1 saturated carbocycles. The predicted molar refractivity (Wildman–Crippen MR) is 190 cm³/mol. The molecule has 50 heavy (non-hydrogen) atoms. The van der Waals surface area contributed by atoms with Crippen LogP contribution in [-0.4, -0.2) is 53.6 Å². The van der Waals surface area contributed by atoms with Crippen LogP contribution in [0.4, 0.5) is 4.39 Å². The zero-order chi connectivity index (χ0) is 34.2. The van der Waals surface area contributed by atoms with Crippen molar-refractivity contribution in [3.8, 4) is 16.8 Å². The molecule has 1 saturated heterocycles. The fraction of sp³-hybridized carbons (Fsp3) is 0.410. The highest BCUT2D eigenvalue weighted by Gasteiger charge is 2.29. The van der Waals surface area contributed by atoms with Crippen LogP contribution in [0.2, 0.25) is 0 Å². The van der Waals surface area contributed by atoms with Gasteiger partial charge in [0.2, 0.25) is 0 Å². The molecule has 5 aromatic rings. The lowest BCUT2D eigenvalue weighted by Gasteiger charge is -2.30. The monoisotopic (exact) mass is 675 g/mol. The minimum Gasteiger partial charge on any atom is -0.348 e. The second-order valence-electron chi connectivity index (χ2n) is 14.1. The van der Waals surface area contributed by atoms with Crippen LogP contribution in [0.5, 0.6) is 0 Å². The average molecular weight is 676 g/mol. The summed E-state index contributed by atoms with van der Waals surface area (Å²) in [5.41, 5.74) is 3.24. The number of aryl methyl sites for hydroxylation is 2. The SMILES string of the molecule is O=C(N[C@H]1CC[C@@H](n2c(=O)c3cc(F)cnc3n(-c3cccc(-c4ccc(CN5CCCCC5)cc4)c3)c2=O)CC1)c1cn2c(n1)CCCC2. The quantitative estimate of drug-likeness (QED) is 0.234. The summed E-state index contributed by atoms with van der Waals surface area (Å²) in [4.78, 5) is 52.5. The Morgan fingerprint density at radius 3 is 2.44 bits per heavy atom. The summed E-state index contributed by atoms with van der Waals surface area (Å²) in [6, 6.07) is 16.8. The van der Waals surface area contributed by atoms with Crippen molar-refractivity contribution < 1.29 is 9.18 Å². The summed E-state index contributed by atoms with van der Waals surface area (Å²) < 4.78 is 19.3. The van der Waals surface area contributed by atoms with Crippen LogP contribution < -0.4 is 16.6 Å². The van der Waals surface area contributed by atoms with Crippen molar-refractivity contribution in [3.63, 3.8) is 0 Å². The topological polar surface area (TPSA) is 107 Å². The number of fused-ring (bicyclic) bond motifs is 2. The zero-order valence-corrected chi connectivity index (χ0v) is 28.2. The van der Waals surface area contributed by atoms with Crippen molar-refractivity contribution in [1.29, 1.82) is 0 Å². The molecule has 11 heteroatoms. The molecule has 0 radical (unpaired) electrons. The van der Waals surface area contributed by atoms with Gasteiger partial charge in [0.05, 0.1) is 17.3 Å². The second-order valence-corrected chi connectivity index (χ2v) is 14.1. The third-order valence-corrected chi connectivity index (χ3v) is 10.7. The first-order valence-electron chi connectivity index (χ1n) is 18.0. The van der Waals surface area contributed by atoms with Crippen molar-refractivity contribution in [2.24, 2.45) is 0 Å². The molecule has 0 unspecified atom stereocenters. The summed E-state index contributed by atoms with van der Waals surface area (Å²) in [5.74, 6) is 0.116. The number of likely N-dealkylation sites (tertiary alicyclic amines) is 1. The van der Waals surface area contributed by atoms with Gasteiger partial charge in [0.15, 0.2) is 5.65 Å². The van der Waals surface area contributed by atoms with Crippen molar-refractivity contribution in [2.75, 3.05) is 13.1 Å². The lowest BCUT2D eigenvalue weighted by molar-refractivity contribution is 0.0917. The number of rotatable bonds is 7. The number of carbonyl (C=O) groups excluding carboxylic acids is 1. The largest absolute Gasteiger partial charge is 0.348 e. The Bertz CT molecular complexity index is 2130. The van der Waals surface area contributed by atoms with Gasteiger partial charge in [-0.2, -0.15) is 0 Å². The smallest absolute Gasteiger partial charge is 0.337 e. The standard InChI is InChI=1S/C39H42FN7O3/c40-29-22-33-36(41-23-29)46(32-8-6-7-28(21-32)27-12-10-26(11-13-27)24-44-18-3-1-4-19-44)39(50)47(38(33)49)31-16-14-30(15-17-31)42-37(48)34-25-45-20-5-2-9-35(45)43-34/h6-8,10-13,21-23,25,30-31H,1-5,9,14-20,24H2,(H,42,48)/t30-,31+. The summed E-state index contributed by atoms with van der Waals surface area (Å²) in [5, 5.41) is 3.17. The van der Waals surface area contributed by atoms with Gasteiger partial charge >= 0.3 is 5.69 Å². The second kappa shape index (κ2) is 13.8. The summed E-state index contributed by atoms with van der Waals surface area (Å²) in [7, 11) is 0. The van der Waals surface area contributed by atoms with Gasteiger partial charge in [-0.25, -0.2) is 23.7 Å². The third kappa shape index (κ3) is 6.42. The number of hydrogen-bond acceptors (Lipinski definition) is 6. The Balaban J connectivity index is 1.05. The van der Waals surface area contributed by atoms with Gasteiger partial charge in [0.25, 0.3) is 11.5 Å². The molecule has 3 aliphatic rings. The Hall–Kier alpha value is -4.90. The minimum absolute atomic E-state index is 0.0521. The van der Waals surface area contributed by atoms with E-state index in [0.29, 0.717) is 37.1 Å². The molecule has 3 aromatic heterocycles. The van der Waals surface area contributed by atoms with Crippen LogP contribution in [0.3, 0.4) is 0 Å². The van der Waals surface area contributed by atoms with E-state index >= 15 is 0 Å². The highest BCUT2D eigenvalue weighted by atomic mass is 19.1. The Morgan fingerprint density at radius 2 is 1.66 bits per heavy atom. The van der Waals surface area contributed by atoms with Crippen LogP contribution >= 0.6 is 0 Å². The number of nitrogens with one attached hydrogen (secondary N) is 1. The first-order valence-corrected chi connectivity index (χ1v) is 18.0. The molecule has 258 valence electrons. The van der Waals surface area contributed by atoms with Gasteiger partial charge in [0.1, 0.15) is 17.3 Å². The van der Waals surface area contributed by atoms with E-state index in [1.807, 2.05) is 30.5 Å². The molecule has 5 heterocycles. The fourth-order valence-electron chi connectivity index (χ4n) is 8.00. The van der Waals surface area contributed by atoms with Crippen molar-refractivity contribution in [1.82, 2.24) is 33.9 Å². The highest BCUT2D eigenvalue weighted by molar-refractivity contribution is 5.92. The molecular formula is C39H42FN7O3. The molecule has 2 fully saturated rings. The number of carbonyl (C=O) groups is 1. The van der Waals surface area contributed by atoms with E-state index < -0.39 is 23.1 Å². The molecule has 1 aliphatic carbocycles. The van der Waals surface area contributed by atoms with E-state index in [2.05, 4.69) is 49.0 Å². The van der Waals surface area contributed by atoms with E-state index in [-0.39, 0.29) is 23.0 Å². The van der Waals surface area contributed by atoms with E-state index in [0.717, 1.165) is 68.6 Å². The number of nitrogens with zero attached hydrogens (tertiary/aromatic N) is 6. The van der Waals surface area contributed by atoms with Crippen LogP contribution in [0.25, 0.3) is 27.8 Å². The van der Waals surface area contributed by atoms with Crippen LogP contribution in [-0.2, 0) is 19.5 Å². The Morgan fingerprint density at radius 1 is 0.880 bits per heavy atom. The van der Waals surface area contributed by atoms with Gasteiger partial charge in [-0.15, -0.1) is 0 Å².